The number of para-hydroxylation sites is 1. The molecule has 0 radical (unpaired) electrons. The zero-order valence-electron chi connectivity index (χ0n) is 13.6. The Morgan fingerprint density at radius 2 is 2.00 bits per heavy atom. The van der Waals surface area contributed by atoms with Crippen molar-refractivity contribution in [2.45, 2.75) is 18.9 Å². The van der Waals surface area contributed by atoms with Gasteiger partial charge in [-0.25, -0.2) is 9.37 Å². The number of thioether (sulfide) groups is 1. The van der Waals surface area contributed by atoms with Crippen molar-refractivity contribution in [3.05, 3.63) is 52.9 Å². The van der Waals surface area contributed by atoms with E-state index < -0.39 is 5.82 Å². The number of anilines is 1. The second-order valence-electron chi connectivity index (χ2n) is 5.22. The SMILES string of the molecule is Cc1nc(C)c(-c2ccc(SCC(=O)Nc3ccccc3F)nn2)s1. The third kappa shape index (κ3) is 4.40. The van der Waals surface area contributed by atoms with Crippen LogP contribution in [-0.4, -0.2) is 26.8 Å². The predicted octanol–water partition coefficient (Wildman–Crippen LogP) is 4.09. The smallest absolute Gasteiger partial charge is 0.234 e. The summed E-state index contributed by atoms with van der Waals surface area (Å²) in [7, 11) is 0. The highest BCUT2D eigenvalue weighted by Gasteiger charge is 2.11. The second kappa shape index (κ2) is 7.71. The number of benzene rings is 1. The highest BCUT2D eigenvalue weighted by molar-refractivity contribution is 7.99. The van der Waals surface area contributed by atoms with Crippen LogP contribution in [0.1, 0.15) is 10.7 Å². The molecular formula is C17H15FN4OS2. The number of halogens is 1. The zero-order chi connectivity index (χ0) is 17.8. The first kappa shape index (κ1) is 17.5. The maximum absolute atomic E-state index is 13.5. The lowest BCUT2D eigenvalue weighted by molar-refractivity contribution is -0.113. The van der Waals surface area contributed by atoms with Crippen LogP contribution in [0.4, 0.5) is 10.1 Å². The van der Waals surface area contributed by atoms with Crippen molar-refractivity contribution < 1.29 is 9.18 Å². The van der Waals surface area contributed by atoms with Crippen molar-refractivity contribution in [3.8, 4) is 10.6 Å². The average molecular weight is 374 g/mol. The lowest BCUT2D eigenvalue weighted by atomic mass is 10.3. The summed E-state index contributed by atoms with van der Waals surface area (Å²) in [6.45, 7) is 3.89. The number of aromatic nitrogens is 3. The Labute approximate surface area is 152 Å². The van der Waals surface area contributed by atoms with Crippen LogP contribution in [0.15, 0.2) is 41.4 Å². The molecule has 1 amide bonds. The van der Waals surface area contributed by atoms with Gasteiger partial charge in [0.15, 0.2) is 0 Å². The standard InChI is InChI=1S/C17H15FN4OS2/c1-10-17(25-11(2)19-10)14-7-8-16(22-21-14)24-9-15(23)20-13-6-4-3-5-12(13)18/h3-8H,9H2,1-2H3,(H,20,23). The monoisotopic (exact) mass is 374 g/mol. The number of thiazole rings is 1. The van der Waals surface area contributed by atoms with Crippen LogP contribution in [-0.2, 0) is 4.79 Å². The number of aryl methyl sites for hydroxylation is 2. The van der Waals surface area contributed by atoms with Crippen molar-refractivity contribution in [3.63, 3.8) is 0 Å². The molecule has 5 nitrogen and oxygen atoms in total. The van der Waals surface area contributed by atoms with Crippen LogP contribution >= 0.6 is 23.1 Å². The number of hydrogen-bond donors (Lipinski definition) is 1. The molecule has 3 rings (SSSR count). The van der Waals surface area contributed by atoms with E-state index in [9.17, 15) is 9.18 Å². The lowest BCUT2D eigenvalue weighted by Gasteiger charge is -2.05. The number of rotatable bonds is 5. The summed E-state index contributed by atoms with van der Waals surface area (Å²) in [5.74, 6) is -0.628. The van der Waals surface area contributed by atoms with Crippen LogP contribution in [0, 0.1) is 19.7 Å². The summed E-state index contributed by atoms with van der Waals surface area (Å²) in [5.41, 5.74) is 1.87. The molecule has 1 aromatic carbocycles. The Kier molecular flexibility index (Phi) is 5.40. The van der Waals surface area contributed by atoms with Gasteiger partial charge in [0, 0.05) is 0 Å². The molecule has 0 aliphatic rings. The van der Waals surface area contributed by atoms with Crippen LogP contribution in [0.25, 0.3) is 10.6 Å². The molecule has 0 atom stereocenters. The van der Waals surface area contributed by atoms with E-state index in [4.69, 9.17) is 0 Å². The van der Waals surface area contributed by atoms with E-state index in [1.165, 1.54) is 23.9 Å². The van der Waals surface area contributed by atoms with E-state index in [1.54, 1.807) is 23.5 Å². The molecule has 0 bridgehead atoms. The lowest BCUT2D eigenvalue weighted by Crippen LogP contribution is -2.15. The number of nitrogens with zero attached hydrogens (tertiary/aromatic N) is 3. The van der Waals surface area contributed by atoms with Crippen molar-refractivity contribution in [2.24, 2.45) is 0 Å². The molecule has 0 aliphatic carbocycles. The van der Waals surface area contributed by atoms with Gasteiger partial charge in [-0.3, -0.25) is 4.79 Å². The Morgan fingerprint density at radius 3 is 2.64 bits per heavy atom. The van der Waals surface area contributed by atoms with E-state index in [2.05, 4.69) is 20.5 Å². The zero-order valence-corrected chi connectivity index (χ0v) is 15.2. The molecule has 0 saturated carbocycles. The third-order valence-corrected chi connectivity index (χ3v) is 5.29. The summed E-state index contributed by atoms with van der Waals surface area (Å²) in [5, 5.41) is 12.5. The van der Waals surface area contributed by atoms with Gasteiger partial charge in [-0.15, -0.1) is 21.5 Å². The maximum atomic E-state index is 13.5. The summed E-state index contributed by atoms with van der Waals surface area (Å²) in [4.78, 5) is 17.3. The topological polar surface area (TPSA) is 67.8 Å². The largest absolute Gasteiger partial charge is 0.323 e. The first-order valence-electron chi connectivity index (χ1n) is 7.48. The molecule has 0 saturated heterocycles. The van der Waals surface area contributed by atoms with E-state index in [-0.39, 0.29) is 17.3 Å². The van der Waals surface area contributed by atoms with Gasteiger partial charge < -0.3 is 5.32 Å². The van der Waals surface area contributed by atoms with Gasteiger partial charge in [-0.05, 0) is 38.1 Å². The first-order valence-corrected chi connectivity index (χ1v) is 9.28. The van der Waals surface area contributed by atoms with E-state index >= 15 is 0 Å². The first-order chi connectivity index (χ1) is 12.0. The Hall–Kier alpha value is -2.32. The normalized spacial score (nSPS) is 10.7. The maximum Gasteiger partial charge on any atom is 0.234 e. The summed E-state index contributed by atoms with van der Waals surface area (Å²) < 4.78 is 13.5. The summed E-state index contributed by atoms with van der Waals surface area (Å²) in [6.07, 6.45) is 0. The minimum atomic E-state index is -0.458. The fourth-order valence-electron chi connectivity index (χ4n) is 2.18. The van der Waals surface area contributed by atoms with Crippen LogP contribution in [0.5, 0.6) is 0 Å². The number of carbonyl (C=O) groups excluding carboxylic acids is 1. The van der Waals surface area contributed by atoms with Crippen LogP contribution < -0.4 is 5.32 Å². The van der Waals surface area contributed by atoms with E-state index in [0.29, 0.717) is 5.03 Å². The molecule has 3 aromatic rings. The molecule has 0 aliphatic heterocycles. The number of carbonyl (C=O) groups is 1. The Morgan fingerprint density at radius 1 is 1.20 bits per heavy atom. The number of hydrogen-bond acceptors (Lipinski definition) is 6. The molecular weight excluding hydrogens is 359 g/mol. The van der Waals surface area contributed by atoms with Gasteiger partial charge in [0.1, 0.15) is 16.5 Å². The van der Waals surface area contributed by atoms with Gasteiger partial charge in [-0.2, -0.15) is 0 Å². The molecule has 25 heavy (non-hydrogen) atoms. The molecule has 2 heterocycles. The fraction of sp³-hybridized carbons (Fsp3) is 0.176. The Bertz CT molecular complexity index is 896. The van der Waals surface area contributed by atoms with Crippen LogP contribution in [0.3, 0.4) is 0 Å². The van der Waals surface area contributed by atoms with Gasteiger partial charge in [0.2, 0.25) is 5.91 Å². The van der Waals surface area contributed by atoms with Gasteiger partial charge >= 0.3 is 0 Å². The quantitative estimate of drug-likeness (QED) is 0.682. The fourth-order valence-corrected chi connectivity index (χ4v) is 3.67. The molecule has 0 fully saturated rings. The molecule has 8 heteroatoms. The minimum absolute atomic E-state index is 0.126. The second-order valence-corrected chi connectivity index (χ2v) is 7.42. The number of amides is 1. The third-order valence-electron chi connectivity index (χ3n) is 3.28. The van der Waals surface area contributed by atoms with Crippen molar-refractivity contribution >= 4 is 34.7 Å². The van der Waals surface area contributed by atoms with Crippen molar-refractivity contribution in [1.29, 1.82) is 0 Å². The minimum Gasteiger partial charge on any atom is -0.323 e. The molecule has 1 N–H and O–H groups in total. The highest BCUT2D eigenvalue weighted by Crippen LogP contribution is 2.28. The van der Waals surface area contributed by atoms with Gasteiger partial charge in [-0.1, -0.05) is 23.9 Å². The Balaban J connectivity index is 1.59. The number of nitrogens with one attached hydrogen (secondary N) is 1. The molecule has 128 valence electrons. The van der Waals surface area contributed by atoms with Gasteiger partial charge in [0.05, 0.1) is 27.0 Å². The van der Waals surface area contributed by atoms with E-state index in [1.807, 2.05) is 26.0 Å². The molecule has 2 aromatic heterocycles. The highest BCUT2D eigenvalue weighted by atomic mass is 32.2. The predicted molar refractivity (Wildman–Crippen MR) is 98.4 cm³/mol. The molecule has 0 unspecified atom stereocenters. The average Bonchev–Trinajstić information content (AvgIpc) is 2.94. The van der Waals surface area contributed by atoms with Crippen molar-refractivity contribution in [1.82, 2.24) is 15.2 Å². The van der Waals surface area contributed by atoms with Crippen LogP contribution in [0.2, 0.25) is 0 Å². The summed E-state index contributed by atoms with van der Waals surface area (Å²) >= 11 is 2.82. The summed E-state index contributed by atoms with van der Waals surface area (Å²) in [6, 6.07) is 9.74. The van der Waals surface area contributed by atoms with E-state index in [0.717, 1.165) is 21.3 Å². The van der Waals surface area contributed by atoms with Crippen molar-refractivity contribution in [2.75, 3.05) is 11.1 Å². The molecule has 0 spiro atoms. The van der Waals surface area contributed by atoms with Gasteiger partial charge in [0.25, 0.3) is 0 Å².